The summed E-state index contributed by atoms with van der Waals surface area (Å²) in [5.41, 5.74) is 2.90. The summed E-state index contributed by atoms with van der Waals surface area (Å²) >= 11 is 1.13. The van der Waals surface area contributed by atoms with Crippen LogP contribution in [0, 0.1) is 25.5 Å². The van der Waals surface area contributed by atoms with Crippen LogP contribution < -0.4 is 4.74 Å². The number of hydrogen-bond donors (Lipinski definition) is 0. The zero-order valence-corrected chi connectivity index (χ0v) is 16.5. The highest BCUT2D eigenvalue weighted by atomic mass is 32.1. The van der Waals surface area contributed by atoms with Gasteiger partial charge >= 0.3 is 0 Å². The molecule has 1 amide bonds. The number of thiazole rings is 1. The van der Waals surface area contributed by atoms with Crippen LogP contribution in [0.3, 0.4) is 0 Å². The number of aryl methyl sites for hydroxylation is 2. The van der Waals surface area contributed by atoms with Gasteiger partial charge in [0.05, 0.1) is 4.70 Å². The Kier molecular flexibility index (Phi) is 5.02. The molecule has 0 radical (unpaired) electrons. The third-order valence-corrected chi connectivity index (χ3v) is 5.91. The third kappa shape index (κ3) is 3.71. The second-order valence-electron chi connectivity index (χ2n) is 7.14. The van der Waals surface area contributed by atoms with Crippen molar-refractivity contribution in [3.8, 4) is 5.19 Å². The minimum atomic E-state index is -0.685. The second-order valence-corrected chi connectivity index (χ2v) is 8.14. The summed E-state index contributed by atoms with van der Waals surface area (Å²) < 4.78 is 33.5. The summed E-state index contributed by atoms with van der Waals surface area (Å²) in [6, 6.07) is 7.97. The van der Waals surface area contributed by atoms with Gasteiger partial charge in [0.2, 0.25) is 0 Å². The highest BCUT2D eigenvalue weighted by Crippen LogP contribution is 2.32. The van der Waals surface area contributed by atoms with Gasteiger partial charge in [0.15, 0.2) is 5.82 Å². The fourth-order valence-corrected chi connectivity index (χ4v) is 4.36. The van der Waals surface area contributed by atoms with Gasteiger partial charge in [-0.3, -0.25) is 4.79 Å². The van der Waals surface area contributed by atoms with Crippen molar-refractivity contribution in [1.82, 2.24) is 9.88 Å². The Balaban J connectivity index is 1.41. The Labute approximate surface area is 165 Å². The number of rotatable bonds is 3. The summed E-state index contributed by atoms with van der Waals surface area (Å²) in [6.07, 6.45) is 1.24. The lowest BCUT2D eigenvalue weighted by molar-refractivity contribution is 0.0594. The first kappa shape index (κ1) is 18.8. The Bertz CT molecular complexity index is 1040. The van der Waals surface area contributed by atoms with Crippen LogP contribution in [-0.2, 0) is 0 Å². The lowest BCUT2D eigenvalue weighted by Gasteiger charge is -2.32. The van der Waals surface area contributed by atoms with Gasteiger partial charge in [0, 0.05) is 37.6 Å². The van der Waals surface area contributed by atoms with Crippen LogP contribution in [0.4, 0.5) is 8.78 Å². The van der Waals surface area contributed by atoms with E-state index in [2.05, 4.69) is 4.98 Å². The van der Waals surface area contributed by atoms with E-state index < -0.39 is 11.6 Å². The molecule has 1 aliphatic rings. The summed E-state index contributed by atoms with van der Waals surface area (Å²) in [6.45, 7) is 5.09. The third-order valence-electron chi connectivity index (χ3n) is 5.01. The molecule has 0 aliphatic carbocycles. The maximum absolute atomic E-state index is 13.8. The molecule has 2 heterocycles. The molecule has 1 aromatic heterocycles. The topological polar surface area (TPSA) is 42.4 Å². The quantitative estimate of drug-likeness (QED) is 0.627. The Morgan fingerprint density at radius 2 is 1.93 bits per heavy atom. The monoisotopic (exact) mass is 402 g/mol. The molecule has 0 bridgehead atoms. The van der Waals surface area contributed by atoms with Crippen LogP contribution in [-0.4, -0.2) is 35.0 Å². The van der Waals surface area contributed by atoms with Crippen LogP contribution in [0.5, 0.6) is 5.19 Å². The smallest absolute Gasteiger partial charge is 0.274 e. The van der Waals surface area contributed by atoms with E-state index in [4.69, 9.17) is 4.74 Å². The van der Waals surface area contributed by atoms with Gasteiger partial charge in [0.25, 0.3) is 11.1 Å². The number of piperidine rings is 1. The molecule has 7 heteroatoms. The molecular weight excluding hydrogens is 382 g/mol. The molecule has 4 rings (SSSR count). The van der Waals surface area contributed by atoms with Crippen LogP contribution >= 0.6 is 11.3 Å². The van der Waals surface area contributed by atoms with Gasteiger partial charge in [-0.2, -0.15) is 4.98 Å². The number of amides is 1. The minimum absolute atomic E-state index is 0.0391. The molecule has 28 heavy (non-hydrogen) atoms. The van der Waals surface area contributed by atoms with Gasteiger partial charge in [-0.25, -0.2) is 8.78 Å². The average Bonchev–Trinajstić information content (AvgIpc) is 3.06. The van der Waals surface area contributed by atoms with Crippen molar-refractivity contribution in [3.63, 3.8) is 0 Å². The number of hydrogen-bond acceptors (Lipinski definition) is 4. The number of carbonyl (C=O) groups excluding carboxylic acids is 1. The standard InChI is InChI=1S/C21H20F2N2O2S/c1-12-3-4-13(2)16(9-12)20(26)25-7-5-15(6-8-25)27-21-24-19-17(23)10-14(22)11-18(19)28-21/h3-4,9-11,15H,5-8H2,1-2H3. The van der Waals surface area contributed by atoms with Crippen molar-refractivity contribution in [3.05, 3.63) is 58.7 Å². The van der Waals surface area contributed by atoms with E-state index in [1.807, 2.05) is 36.9 Å². The average molecular weight is 402 g/mol. The number of ether oxygens (including phenoxy) is 1. The fourth-order valence-electron chi connectivity index (χ4n) is 3.44. The Morgan fingerprint density at radius 1 is 1.18 bits per heavy atom. The molecule has 0 N–H and O–H groups in total. The van der Waals surface area contributed by atoms with Crippen LogP contribution in [0.15, 0.2) is 30.3 Å². The van der Waals surface area contributed by atoms with Gasteiger partial charge in [-0.1, -0.05) is 29.0 Å². The van der Waals surface area contributed by atoms with E-state index in [-0.39, 0.29) is 17.5 Å². The number of benzene rings is 2. The number of nitrogens with zero attached hydrogens (tertiary/aromatic N) is 2. The van der Waals surface area contributed by atoms with E-state index in [0.29, 0.717) is 35.8 Å². The number of carbonyl (C=O) groups is 1. The van der Waals surface area contributed by atoms with Crippen molar-refractivity contribution >= 4 is 27.5 Å². The van der Waals surface area contributed by atoms with E-state index in [1.165, 1.54) is 6.07 Å². The van der Waals surface area contributed by atoms with Crippen molar-refractivity contribution in [2.75, 3.05) is 13.1 Å². The zero-order valence-electron chi connectivity index (χ0n) is 15.7. The molecular formula is C21H20F2N2O2S. The summed E-state index contributed by atoms with van der Waals surface area (Å²) in [4.78, 5) is 18.8. The van der Waals surface area contributed by atoms with E-state index in [0.717, 1.165) is 34.1 Å². The van der Waals surface area contributed by atoms with Gasteiger partial charge in [0.1, 0.15) is 17.4 Å². The number of likely N-dealkylation sites (tertiary alicyclic amines) is 1. The Hall–Kier alpha value is -2.54. The summed E-state index contributed by atoms with van der Waals surface area (Å²) in [5, 5.41) is 0.332. The van der Waals surface area contributed by atoms with Crippen molar-refractivity contribution in [1.29, 1.82) is 0 Å². The first-order valence-electron chi connectivity index (χ1n) is 9.19. The predicted molar refractivity (Wildman–Crippen MR) is 105 cm³/mol. The maximum Gasteiger partial charge on any atom is 0.274 e. The van der Waals surface area contributed by atoms with Crippen molar-refractivity contribution < 1.29 is 18.3 Å². The van der Waals surface area contributed by atoms with Crippen LogP contribution in [0.25, 0.3) is 10.2 Å². The SMILES string of the molecule is Cc1ccc(C)c(C(=O)N2CCC(Oc3nc4c(F)cc(F)cc4s3)CC2)c1. The number of halogens is 2. The largest absolute Gasteiger partial charge is 0.467 e. The molecule has 0 unspecified atom stereocenters. The molecule has 0 spiro atoms. The highest BCUT2D eigenvalue weighted by molar-refractivity contribution is 7.20. The first-order chi connectivity index (χ1) is 13.4. The number of fused-ring (bicyclic) bond motifs is 1. The van der Waals surface area contributed by atoms with Crippen LogP contribution in [0.2, 0.25) is 0 Å². The van der Waals surface area contributed by atoms with Gasteiger partial charge in [-0.05, 0) is 31.5 Å². The van der Waals surface area contributed by atoms with Crippen LogP contribution in [0.1, 0.15) is 34.3 Å². The summed E-state index contributed by atoms with van der Waals surface area (Å²) in [5.74, 6) is -1.27. The molecule has 0 atom stereocenters. The molecule has 3 aromatic rings. The number of aromatic nitrogens is 1. The molecule has 4 nitrogen and oxygen atoms in total. The van der Waals surface area contributed by atoms with Gasteiger partial charge < -0.3 is 9.64 Å². The van der Waals surface area contributed by atoms with E-state index in [1.54, 1.807) is 0 Å². The lowest BCUT2D eigenvalue weighted by atomic mass is 10.0. The van der Waals surface area contributed by atoms with E-state index >= 15 is 0 Å². The predicted octanol–water partition coefficient (Wildman–Crippen LogP) is 4.87. The maximum atomic E-state index is 13.8. The lowest BCUT2D eigenvalue weighted by Crippen LogP contribution is -2.42. The fraction of sp³-hybridized carbons (Fsp3) is 0.333. The molecule has 0 saturated carbocycles. The first-order valence-corrected chi connectivity index (χ1v) is 10.0. The summed E-state index contributed by atoms with van der Waals surface area (Å²) in [7, 11) is 0. The van der Waals surface area contributed by atoms with Crippen molar-refractivity contribution in [2.45, 2.75) is 32.8 Å². The van der Waals surface area contributed by atoms with Crippen molar-refractivity contribution in [2.24, 2.45) is 0 Å². The minimum Gasteiger partial charge on any atom is -0.467 e. The normalized spacial score (nSPS) is 15.2. The molecule has 146 valence electrons. The highest BCUT2D eigenvalue weighted by Gasteiger charge is 2.26. The van der Waals surface area contributed by atoms with Gasteiger partial charge in [-0.15, -0.1) is 0 Å². The molecule has 2 aromatic carbocycles. The molecule has 1 aliphatic heterocycles. The molecule has 1 saturated heterocycles. The van der Waals surface area contributed by atoms with E-state index in [9.17, 15) is 13.6 Å². The second kappa shape index (κ2) is 7.47. The zero-order chi connectivity index (χ0) is 19.8. The molecule has 1 fully saturated rings. The Morgan fingerprint density at radius 3 is 2.68 bits per heavy atom.